The Kier molecular flexibility index (Phi) is 9.19. The summed E-state index contributed by atoms with van der Waals surface area (Å²) >= 11 is 0. The Balaban J connectivity index is 5.13. The number of allylic oxidation sites excluding steroid dienone is 11. The molecule has 0 aliphatic heterocycles. The lowest BCUT2D eigenvalue weighted by Gasteiger charge is -2.12. The third kappa shape index (κ3) is 7.15. The van der Waals surface area contributed by atoms with Crippen molar-refractivity contribution in [2.75, 3.05) is 7.11 Å². The average molecular weight is 322 g/mol. The standard InChI is InChI=1S/C23H30O/c1-11-16(2)12-13-17(3)18(4)14-19(5)22(8)23(9)20(6)15-21(7)24-10/h12-15H,2-4,7-9,11H2,1,5-6,10H3/b13-12-,19-14-,20-15-. The Hall–Kier alpha value is -2.54. The van der Waals surface area contributed by atoms with Gasteiger partial charge in [0.2, 0.25) is 0 Å². The molecule has 0 heterocycles. The van der Waals surface area contributed by atoms with Gasteiger partial charge in [-0.15, -0.1) is 0 Å². The molecular formula is C23H30O. The molecule has 1 heteroatoms. The smallest absolute Gasteiger partial charge is 0.111 e. The van der Waals surface area contributed by atoms with Gasteiger partial charge in [0.25, 0.3) is 0 Å². The summed E-state index contributed by atoms with van der Waals surface area (Å²) in [6.45, 7) is 30.1. The number of hydrogen-bond acceptors (Lipinski definition) is 1. The van der Waals surface area contributed by atoms with E-state index in [9.17, 15) is 0 Å². The van der Waals surface area contributed by atoms with Crippen molar-refractivity contribution in [2.24, 2.45) is 0 Å². The fourth-order valence-corrected chi connectivity index (χ4v) is 1.75. The third-order valence-corrected chi connectivity index (χ3v) is 3.73. The van der Waals surface area contributed by atoms with Crippen LogP contribution in [0.2, 0.25) is 0 Å². The lowest BCUT2D eigenvalue weighted by molar-refractivity contribution is 0.308. The second-order valence-electron chi connectivity index (χ2n) is 5.68. The molecule has 0 amide bonds. The molecule has 0 radical (unpaired) electrons. The minimum Gasteiger partial charge on any atom is -0.497 e. The van der Waals surface area contributed by atoms with Crippen LogP contribution < -0.4 is 0 Å². The van der Waals surface area contributed by atoms with Crippen LogP contribution in [0.25, 0.3) is 0 Å². The number of hydrogen-bond donors (Lipinski definition) is 0. The first-order chi connectivity index (χ1) is 11.1. The monoisotopic (exact) mass is 322 g/mol. The molecular weight excluding hydrogens is 292 g/mol. The van der Waals surface area contributed by atoms with Crippen molar-refractivity contribution in [3.05, 3.63) is 109 Å². The number of ether oxygens (including phenoxy) is 1. The van der Waals surface area contributed by atoms with Crippen LogP contribution >= 0.6 is 0 Å². The molecule has 0 saturated carbocycles. The van der Waals surface area contributed by atoms with Gasteiger partial charge in [-0.1, -0.05) is 70.2 Å². The van der Waals surface area contributed by atoms with E-state index in [2.05, 4.69) is 46.4 Å². The molecule has 0 atom stereocenters. The van der Waals surface area contributed by atoms with Crippen LogP contribution in [0.1, 0.15) is 27.2 Å². The molecule has 0 aromatic rings. The largest absolute Gasteiger partial charge is 0.497 e. The summed E-state index contributed by atoms with van der Waals surface area (Å²) in [7, 11) is 1.59. The summed E-state index contributed by atoms with van der Waals surface area (Å²) in [5, 5.41) is 0. The molecule has 0 spiro atoms. The summed E-state index contributed by atoms with van der Waals surface area (Å²) in [5.41, 5.74) is 6.39. The van der Waals surface area contributed by atoms with E-state index in [4.69, 9.17) is 4.74 Å². The van der Waals surface area contributed by atoms with E-state index < -0.39 is 0 Å². The van der Waals surface area contributed by atoms with Gasteiger partial charge in [0, 0.05) is 0 Å². The zero-order valence-corrected chi connectivity index (χ0v) is 15.7. The van der Waals surface area contributed by atoms with Crippen molar-refractivity contribution in [1.82, 2.24) is 0 Å². The molecule has 128 valence electrons. The molecule has 0 rings (SSSR count). The quantitative estimate of drug-likeness (QED) is 0.318. The number of methoxy groups -OCH3 is 1. The molecule has 0 aromatic heterocycles. The van der Waals surface area contributed by atoms with Gasteiger partial charge in [0.15, 0.2) is 0 Å². The third-order valence-electron chi connectivity index (χ3n) is 3.73. The molecule has 24 heavy (non-hydrogen) atoms. The maximum absolute atomic E-state index is 5.07. The predicted molar refractivity (Wildman–Crippen MR) is 109 cm³/mol. The molecule has 0 bridgehead atoms. The fourth-order valence-electron chi connectivity index (χ4n) is 1.75. The van der Waals surface area contributed by atoms with Gasteiger partial charge in [0.1, 0.15) is 5.76 Å². The van der Waals surface area contributed by atoms with E-state index in [1.807, 2.05) is 38.2 Å². The first-order valence-electron chi connectivity index (χ1n) is 7.86. The van der Waals surface area contributed by atoms with Crippen LogP contribution in [-0.4, -0.2) is 7.11 Å². The van der Waals surface area contributed by atoms with E-state index in [1.54, 1.807) is 7.11 Å². The van der Waals surface area contributed by atoms with E-state index in [0.717, 1.165) is 45.4 Å². The lowest BCUT2D eigenvalue weighted by atomic mass is 9.94. The van der Waals surface area contributed by atoms with Crippen LogP contribution in [0.5, 0.6) is 0 Å². The SMILES string of the molecule is C=C(/C=C\C(=C)C(=C)/C=C(/C)C(=C)C(=C)/C(C)=C\C(=C)OC)CC. The summed E-state index contributed by atoms with van der Waals surface area (Å²) in [5.74, 6) is 0.585. The van der Waals surface area contributed by atoms with Gasteiger partial charge in [-0.2, -0.15) is 0 Å². The highest BCUT2D eigenvalue weighted by Gasteiger charge is 2.06. The van der Waals surface area contributed by atoms with Gasteiger partial charge in [-0.25, -0.2) is 0 Å². The van der Waals surface area contributed by atoms with Crippen LogP contribution in [-0.2, 0) is 4.74 Å². The minimum atomic E-state index is 0.585. The zero-order valence-electron chi connectivity index (χ0n) is 15.7. The minimum absolute atomic E-state index is 0.585. The second kappa shape index (κ2) is 10.3. The van der Waals surface area contributed by atoms with Crippen LogP contribution in [0.15, 0.2) is 109 Å². The molecule has 0 aliphatic carbocycles. The van der Waals surface area contributed by atoms with E-state index >= 15 is 0 Å². The van der Waals surface area contributed by atoms with Gasteiger partial charge in [-0.05, 0) is 59.8 Å². The molecule has 0 unspecified atom stereocenters. The maximum atomic E-state index is 5.07. The first-order valence-corrected chi connectivity index (χ1v) is 7.86. The second-order valence-corrected chi connectivity index (χ2v) is 5.68. The van der Waals surface area contributed by atoms with Crippen molar-refractivity contribution < 1.29 is 4.74 Å². The van der Waals surface area contributed by atoms with Gasteiger partial charge < -0.3 is 4.74 Å². The highest BCUT2D eigenvalue weighted by Crippen LogP contribution is 2.25. The van der Waals surface area contributed by atoms with Crippen molar-refractivity contribution in [2.45, 2.75) is 27.2 Å². The van der Waals surface area contributed by atoms with E-state index in [0.29, 0.717) is 5.76 Å². The van der Waals surface area contributed by atoms with Gasteiger partial charge in [-0.3, -0.25) is 0 Å². The van der Waals surface area contributed by atoms with Crippen molar-refractivity contribution in [3.8, 4) is 0 Å². The Morgan fingerprint density at radius 1 is 0.792 bits per heavy atom. The molecule has 0 aliphatic rings. The Bertz CT molecular complexity index is 660. The Morgan fingerprint density at radius 2 is 1.29 bits per heavy atom. The fraction of sp³-hybridized carbons (Fsp3) is 0.217. The predicted octanol–water partition coefficient (Wildman–Crippen LogP) is 6.79. The zero-order chi connectivity index (χ0) is 18.9. The van der Waals surface area contributed by atoms with E-state index in [1.165, 1.54) is 0 Å². The van der Waals surface area contributed by atoms with Crippen molar-refractivity contribution >= 4 is 0 Å². The number of rotatable bonds is 10. The van der Waals surface area contributed by atoms with Crippen LogP contribution in [0, 0.1) is 0 Å². The van der Waals surface area contributed by atoms with E-state index in [-0.39, 0.29) is 0 Å². The topological polar surface area (TPSA) is 9.23 Å². The highest BCUT2D eigenvalue weighted by atomic mass is 16.5. The summed E-state index contributed by atoms with van der Waals surface area (Å²) in [4.78, 5) is 0. The molecule has 0 N–H and O–H groups in total. The van der Waals surface area contributed by atoms with Crippen LogP contribution in [0.4, 0.5) is 0 Å². The van der Waals surface area contributed by atoms with Gasteiger partial charge in [0.05, 0.1) is 7.11 Å². The molecule has 0 saturated heterocycles. The average Bonchev–Trinajstić information content (AvgIpc) is 2.57. The maximum Gasteiger partial charge on any atom is 0.111 e. The lowest BCUT2D eigenvalue weighted by Crippen LogP contribution is -1.93. The van der Waals surface area contributed by atoms with Crippen molar-refractivity contribution in [3.63, 3.8) is 0 Å². The normalized spacial score (nSPS) is 12.0. The Labute approximate surface area is 148 Å². The highest BCUT2D eigenvalue weighted by molar-refractivity contribution is 5.56. The van der Waals surface area contributed by atoms with Gasteiger partial charge >= 0.3 is 0 Å². The molecule has 1 nitrogen and oxygen atoms in total. The molecule has 0 aromatic carbocycles. The van der Waals surface area contributed by atoms with Crippen LogP contribution in [0.3, 0.4) is 0 Å². The molecule has 0 fully saturated rings. The Morgan fingerprint density at radius 3 is 1.75 bits per heavy atom. The first kappa shape index (κ1) is 21.5. The van der Waals surface area contributed by atoms with Crippen molar-refractivity contribution in [1.29, 1.82) is 0 Å². The summed E-state index contributed by atoms with van der Waals surface area (Å²) < 4.78 is 5.07. The summed E-state index contributed by atoms with van der Waals surface area (Å²) in [6.07, 6.45) is 8.62. The summed E-state index contributed by atoms with van der Waals surface area (Å²) in [6, 6.07) is 0.